The first-order valence-electron chi connectivity index (χ1n) is 6.30. The summed E-state index contributed by atoms with van der Waals surface area (Å²) in [6, 6.07) is 0.0456. The molecule has 2 heterocycles. The second-order valence-electron chi connectivity index (χ2n) is 4.82. The van der Waals surface area contributed by atoms with E-state index in [2.05, 4.69) is 5.32 Å². The fourth-order valence-electron chi connectivity index (χ4n) is 2.48. The van der Waals surface area contributed by atoms with Crippen molar-refractivity contribution in [1.82, 2.24) is 10.2 Å². The zero-order chi connectivity index (χ0) is 12.3. The van der Waals surface area contributed by atoms with Crippen LogP contribution in [0.1, 0.15) is 25.7 Å². The van der Waals surface area contributed by atoms with Crippen LogP contribution in [0.25, 0.3) is 0 Å². The number of hydrogen-bond donors (Lipinski definition) is 1. The highest BCUT2D eigenvalue weighted by molar-refractivity contribution is 5.81. The van der Waals surface area contributed by atoms with Crippen molar-refractivity contribution < 1.29 is 14.3 Å². The van der Waals surface area contributed by atoms with Crippen LogP contribution in [0.15, 0.2) is 0 Å². The Balaban J connectivity index is 1.95. The van der Waals surface area contributed by atoms with Gasteiger partial charge in [-0.05, 0) is 19.3 Å². The lowest BCUT2D eigenvalue weighted by atomic mass is 9.94. The van der Waals surface area contributed by atoms with Crippen LogP contribution in [0, 0.1) is 5.92 Å². The number of esters is 1. The van der Waals surface area contributed by atoms with Crippen LogP contribution in [0.3, 0.4) is 0 Å². The normalized spacial score (nSPS) is 25.2. The van der Waals surface area contributed by atoms with Crippen molar-refractivity contribution in [2.24, 2.45) is 5.92 Å². The molecule has 96 valence electrons. The largest absolute Gasteiger partial charge is 0.469 e. The first-order chi connectivity index (χ1) is 8.22. The molecule has 0 bridgehead atoms. The van der Waals surface area contributed by atoms with Gasteiger partial charge in [-0.2, -0.15) is 0 Å². The molecule has 2 aliphatic heterocycles. The van der Waals surface area contributed by atoms with E-state index in [4.69, 9.17) is 4.74 Å². The lowest BCUT2D eigenvalue weighted by Crippen LogP contribution is -2.55. The Labute approximate surface area is 101 Å². The molecule has 0 spiro atoms. The number of nitrogens with zero attached hydrogens (tertiary/aromatic N) is 1. The molecule has 2 rings (SSSR count). The summed E-state index contributed by atoms with van der Waals surface area (Å²) in [5, 5.41) is 3.11. The smallest absolute Gasteiger partial charge is 0.307 e. The Morgan fingerprint density at radius 1 is 1.35 bits per heavy atom. The molecule has 1 amide bonds. The standard InChI is InChI=1S/C12H20N2O3/c1-17-11(15)6-10-4-2-3-5-14(10)12(16)9-7-13-8-9/h9-10,13H,2-8H2,1H3. The molecule has 1 N–H and O–H groups in total. The molecule has 0 aromatic carbocycles. The van der Waals surface area contributed by atoms with Crippen LogP contribution in [0.5, 0.6) is 0 Å². The van der Waals surface area contributed by atoms with Crippen molar-refractivity contribution in [2.75, 3.05) is 26.7 Å². The van der Waals surface area contributed by atoms with E-state index in [-0.39, 0.29) is 23.8 Å². The number of carbonyl (C=O) groups excluding carboxylic acids is 2. The third kappa shape index (κ3) is 2.77. The average Bonchev–Trinajstić information content (AvgIpc) is 2.27. The predicted molar refractivity (Wildman–Crippen MR) is 62.3 cm³/mol. The summed E-state index contributed by atoms with van der Waals surface area (Å²) in [7, 11) is 1.40. The summed E-state index contributed by atoms with van der Waals surface area (Å²) in [5.74, 6) is 0.104. The molecular formula is C12H20N2O3. The maximum absolute atomic E-state index is 12.2. The molecule has 2 saturated heterocycles. The van der Waals surface area contributed by atoms with Crippen LogP contribution in [-0.4, -0.2) is 49.6 Å². The number of ether oxygens (including phenoxy) is 1. The Kier molecular flexibility index (Phi) is 3.99. The number of carbonyl (C=O) groups is 2. The van der Waals surface area contributed by atoms with Crippen LogP contribution >= 0.6 is 0 Å². The summed E-state index contributed by atoms with van der Waals surface area (Å²) in [6.07, 6.45) is 3.39. The lowest BCUT2D eigenvalue weighted by molar-refractivity contribution is -0.146. The quantitative estimate of drug-likeness (QED) is 0.713. The Bertz CT molecular complexity index is 302. The molecule has 2 aliphatic rings. The molecule has 2 fully saturated rings. The molecule has 0 aliphatic carbocycles. The van der Waals surface area contributed by atoms with E-state index in [1.807, 2.05) is 4.90 Å². The molecule has 0 aromatic heterocycles. The SMILES string of the molecule is COC(=O)CC1CCCCN1C(=O)C1CNC1. The summed E-state index contributed by atoms with van der Waals surface area (Å²) in [5.41, 5.74) is 0. The van der Waals surface area contributed by atoms with Crippen molar-refractivity contribution >= 4 is 11.9 Å². The van der Waals surface area contributed by atoms with Gasteiger partial charge in [-0.3, -0.25) is 9.59 Å². The summed E-state index contributed by atoms with van der Waals surface area (Å²) in [6.45, 7) is 2.34. The predicted octanol–water partition coefficient (Wildman–Crippen LogP) is 0.150. The minimum absolute atomic E-state index is 0.0456. The molecule has 0 radical (unpaired) electrons. The third-order valence-corrected chi connectivity index (χ3v) is 3.67. The van der Waals surface area contributed by atoms with Crippen molar-refractivity contribution in [1.29, 1.82) is 0 Å². The van der Waals surface area contributed by atoms with Gasteiger partial charge in [0.1, 0.15) is 0 Å². The van der Waals surface area contributed by atoms with Gasteiger partial charge >= 0.3 is 5.97 Å². The number of methoxy groups -OCH3 is 1. The number of piperidine rings is 1. The molecule has 0 aromatic rings. The van der Waals surface area contributed by atoms with Gasteiger partial charge in [-0.1, -0.05) is 0 Å². The zero-order valence-electron chi connectivity index (χ0n) is 10.3. The first-order valence-corrected chi connectivity index (χ1v) is 6.30. The number of amides is 1. The fourth-order valence-corrected chi connectivity index (χ4v) is 2.48. The number of hydrogen-bond acceptors (Lipinski definition) is 4. The van der Waals surface area contributed by atoms with E-state index >= 15 is 0 Å². The second kappa shape index (κ2) is 5.49. The monoisotopic (exact) mass is 240 g/mol. The van der Waals surface area contributed by atoms with Crippen molar-refractivity contribution in [3.8, 4) is 0 Å². The molecule has 0 saturated carbocycles. The van der Waals surface area contributed by atoms with E-state index in [1.165, 1.54) is 7.11 Å². The molecule has 17 heavy (non-hydrogen) atoms. The van der Waals surface area contributed by atoms with Gasteiger partial charge < -0.3 is 15.0 Å². The van der Waals surface area contributed by atoms with Gasteiger partial charge in [0.05, 0.1) is 19.4 Å². The molecule has 5 nitrogen and oxygen atoms in total. The minimum Gasteiger partial charge on any atom is -0.469 e. The van der Waals surface area contributed by atoms with Crippen molar-refractivity contribution in [3.63, 3.8) is 0 Å². The lowest BCUT2D eigenvalue weighted by Gasteiger charge is -2.39. The highest BCUT2D eigenvalue weighted by atomic mass is 16.5. The number of nitrogens with one attached hydrogen (secondary N) is 1. The van der Waals surface area contributed by atoms with Crippen LogP contribution in [-0.2, 0) is 14.3 Å². The van der Waals surface area contributed by atoms with Gasteiger partial charge in [0.25, 0.3) is 0 Å². The van der Waals surface area contributed by atoms with Crippen molar-refractivity contribution in [3.05, 3.63) is 0 Å². The Morgan fingerprint density at radius 2 is 2.12 bits per heavy atom. The maximum atomic E-state index is 12.2. The number of likely N-dealkylation sites (tertiary alicyclic amines) is 1. The van der Waals surface area contributed by atoms with Gasteiger partial charge in [0, 0.05) is 25.7 Å². The van der Waals surface area contributed by atoms with E-state index in [1.54, 1.807) is 0 Å². The maximum Gasteiger partial charge on any atom is 0.307 e. The average molecular weight is 240 g/mol. The van der Waals surface area contributed by atoms with Gasteiger partial charge in [0.2, 0.25) is 5.91 Å². The second-order valence-corrected chi connectivity index (χ2v) is 4.82. The van der Waals surface area contributed by atoms with Crippen LogP contribution < -0.4 is 5.32 Å². The summed E-state index contributed by atoms with van der Waals surface area (Å²) < 4.78 is 4.69. The minimum atomic E-state index is -0.221. The first kappa shape index (κ1) is 12.4. The van der Waals surface area contributed by atoms with Gasteiger partial charge in [-0.25, -0.2) is 0 Å². The third-order valence-electron chi connectivity index (χ3n) is 3.67. The van der Waals surface area contributed by atoms with Gasteiger partial charge in [-0.15, -0.1) is 0 Å². The van der Waals surface area contributed by atoms with E-state index in [0.717, 1.165) is 38.9 Å². The van der Waals surface area contributed by atoms with E-state index in [9.17, 15) is 9.59 Å². The fraction of sp³-hybridized carbons (Fsp3) is 0.833. The van der Waals surface area contributed by atoms with E-state index in [0.29, 0.717) is 6.42 Å². The van der Waals surface area contributed by atoms with Crippen LogP contribution in [0.2, 0.25) is 0 Å². The Hall–Kier alpha value is -1.10. The number of rotatable bonds is 3. The van der Waals surface area contributed by atoms with Crippen molar-refractivity contribution in [2.45, 2.75) is 31.7 Å². The summed E-state index contributed by atoms with van der Waals surface area (Å²) in [4.78, 5) is 25.4. The highest BCUT2D eigenvalue weighted by Gasteiger charge is 2.35. The Morgan fingerprint density at radius 3 is 2.71 bits per heavy atom. The molecule has 1 atom stereocenters. The molecule has 5 heteroatoms. The topological polar surface area (TPSA) is 58.6 Å². The zero-order valence-corrected chi connectivity index (χ0v) is 10.3. The van der Waals surface area contributed by atoms with Crippen LogP contribution in [0.4, 0.5) is 0 Å². The molecular weight excluding hydrogens is 220 g/mol. The molecule has 1 unspecified atom stereocenters. The highest BCUT2D eigenvalue weighted by Crippen LogP contribution is 2.23. The van der Waals surface area contributed by atoms with E-state index < -0.39 is 0 Å². The van der Waals surface area contributed by atoms with Gasteiger partial charge in [0.15, 0.2) is 0 Å². The summed E-state index contributed by atoms with van der Waals surface area (Å²) >= 11 is 0.